The molecule has 6 rings (SSSR count). The highest BCUT2D eigenvalue weighted by Gasteiger charge is 2.50. The van der Waals surface area contributed by atoms with Crippen molar-refractivity contribution in [3.8, 4) is 0 Å². The Labute approximate surface area is 126 Å². The number of benzene rings is 1. The molecule has 0 aliphatic heterocycles. The number of nitrogens with one attached hydrogen (secondary N) is 1. The van der Waals surface area contributed by atoms with Crippen molar-refractivity contribution in [1.29, 1.82) is 0 Å². The fraction of sp³-hybridized carbons (Fsp3) is 0.526. The van der Waals surface area contributed by atoms with Crippen molar-refractivity contribution in [3.63, 3.8) is 0 Å². The molecule has 4 aliphatic rings. The Morgan fingerprint density at radius 1 is 0.952 bits per heavy atom. The zero-order valence-electron chi connectivity index (χ0n) is 12.4. The third kappa shape index (κ3) is 1.96. The molecule has 1 N–H and O–H groups in total. The minimum atomic E-state index is 0.393. The smallest absolute Gasteiger partial charge is 0.0703 e. The molecule has 21 heavy (non-hydrogen) atoms. The Kier molecular flexibility index (Phi) is 2.42. The van der Waals surface area contributed by atoms with E-state index in [1.165, 1.54) is 49.6 Å². The van der Waals surface area contributed by atoms with Crippen molar-refractivity contribution >= 4 is 16.6 Å². The second kappa shape index (κ2) is 4.22. The van der Waals surface area contributed by atoms with Crippen LogP contribution in [0.1, 0.15) is 38.5 Å². The van der Waals surface area contributed by atoms with Gasteiger partial charge in [-0.15, -0.1) is 0 Å². The lowest BCUT2D eigenvalue weighted by Gasteiger charge is -2.57. The predicted octanol–water partition coefficient (Wildman–Crippen LogP) is 4.62. The van der Waals surface area contributed by atoms with Crippen molar-refractivity contribution in [2.24, 2.45) is 17.8 Å². The molecule has 1 aromatic heterocycles. The van der Waals surface area contributed by atoms with E-state index in [-0.39, 0.29) is 0 Å². The lowest BCUT2D eigenvalue weighted by atomic mass is 9.53. The molecule has 4 fully saturated rings. The summed E-state index contributed by atoms with van der Waals surface area (Å²) in [6, 6.07) is 10.8. The fourth-order valence-electron chi connectivity index (χ4n) is 5.72. The van der Waals surface area contributed by atoms with Crippen LogP contribution in [-0.4, -0.2) is 10.5 Å². The van der Waals surface area contributed by atoms with Crippen molar-refractivity contribution in [3.05, 3.63) is 36.5 Å². The molecule has 0 unspecified atom stereocenters. The summed E-state index contributed by atoms with van der Waals surface area (Å²) in [5, 5.41) is 5.19. The summed E-state index contributed by atoms with van der Waals surface area (Å²) in [4.78, 5) is 4.42. The van der Waals surface area contributed by atoms with Gasteiger partial charge in [-0.25, -0.2) is 0 Å². The predicted molar refractivity (Wildman–Crippen MR) is 86.3 cm³/mol. The van der Waals surface area contributed by atoms with Gasteiger partial charge < -0.3 is 5.32 Å². The number of anilines is 1. The molecule has 1 aromatic carbocycles. The second-order valence-electron chi connectivity index (χ2n) is 7.73. The van der Waals surface area contributed by atoms with E-state index in [4.69, 9.17) is 0 Å². The minimum absolute atomic E-state index is 0.393. The monoisotopic (exact) mass is 278 g/mol. The quantitative estimate of drug-likeness (QED) is 0.867. The first kappa shape index (κ1) is 12.0. The Morgan fingerprint density at radius 3 is 2.38 bits per heavy atom. The lowest BCUT2D eigenvalue weighted by Crippen LogP contribution is -2.54. The SMILES string of the molecule is c1cnc2ccc(NC34CC5CC(CC(C5)C3)C4)cc2c1. The molecule has 2 nitrogen and oxygen atoms in total. The average Bonchev–Trinajstić information content (AvgIpc) is 2.45. The maximum absolute atomic E-state index is 4.42. The molecule has 0 saturated heterocycles. The number of nitrogens with zero attached hydrogens (tertiary/aromatic N) is 1. The molecule has 2 aromatic rings. The number of pyridine rings is 1. The first-order chi connectivity index (χ1) is 10.3. The van der Waals surface area contributed by atoms with Crippen molar-refractivity contribution in [2.45, 2.75) is 44.1 Å². The van der Waals surface area contributed by atoms with Gasteiger partial charge in [-0.3, -0.25) is 4.98 Å². The maximum atomic E-state index is 4.42. The topological polar surface area (TPSA) is 24.9 Å². The van der Waals surface area contributed by atoms with Crippen LogP contribution < -0.4 is 5.32 Å². The van der Waals surface area contributed by atoms with E-state index in [1.54, 1.807) is 0 Å². The molecular weight excluding hydrogens is 256 g/mol. The average molecular weight is 278 g/mol. The summed E-state index contributed by atoms with van der Waals surface area (Å²) in [7, 11) is 0. The molecule has 4 aliphatic carbocycles. The summed E-state index contributed by atoms with van der Waals surface area (Å²) in [5.41, 5.74) is 2.77. The highest BCUT2D eigenvalue weighted by Crippen LogP contribution is 2.56. The van der Waals surface area contributed by atoms with E-state index in [1.807, 2.05) is 12.3 Å². The third-order valence-corrected chi connectivity index (χ3v) is 6.05. The number of aromatic nitrogens is 1. The van der Waals surface area contributed by atoms with E-state index in [0.29, 0.717) is 5.54 Å². The van der Waals surface area contributed by atoms with Crippen LogP contribution >= 0.6 is 0 Å². The van der Waals surface area contributed by atoms with Crippen LogP contribution in [0.2, 0.25) is 0 Å². The highest BCUT2D eigenvalue weighted by molar-refractivity contribution is 5.82. The summed E-state index contributed by atoms with van der Waals surface area (Å²) < 4.78 is 0. The molecule has 2 heteroatoms. The summed E-state index contributed by atoms with van der Waals surface area (Å²) >= 11 is 0. The normalized spacial score (nSPS) is 37.0. The van der Waals surface area contributed by atoms with E-state index >= 15 is 0 Å². The molecule has 1 heterocycles. The number of rotatable bonds is 2. The second-order valence-corrected chi connectivity index (χ2v) is 7.73. The van der Waals surface area contributed by atoms with E-state index in [0.717, 1.165) is 23.3 Å². The van der Waals surface area contributed by atoms with Gasteiger partial charge in [-0.2, -0.15) is 0 Å². The van der Waals surface area contributed by atoms with Gasteiger partial charge in [0.2, 0.25) is 0 Å². The van der Waals surface area contributed by atoms with Crippen LogP contribution in [0.25, 0.3) is 10.9 Å². The van der Waals surface area contributed by atoms with Gasteiger partial charge >= 0.3 is 0 Å². The van der Waals surface area contributed by atoms with Crippen LogP contribution in [0.15, 0.2) is 36.5 Å². The fourth-order valence-corrected chi connectivity index (χ4v) is 5.72. The van der Waals surface area contributed by atoms with Crippen molar-refractivity contribution < 1.29 is 0 Å². The minimum Gasteiger partial charge on any atom is -0.380 e. The van der Waals surface area contributed by atoms with Crippen LogP contribution in [0, 0.1) is 17.8 Å². The summed E-state index contributed by atoms with van der Waals surface area (Å²) in [6.45, 7) is 0. The van der Waals surface area contributed by atoms with Crippen LogP contribution in [-0.2, 0) is 0 Å². The Morgan fingerprint density at radius 2 is 1.67 bits per heavy atom. The Hall–Kier alpha value is -1.57. The van der Waals surface area contributed by atoms with Gasteiger partial charge in [0.05, 0.1) is 5.52 Å². The van der Waals surface area contributed by atoms with Crippen molar-refractivity contribution in [1.82, 2.24) is 4.98 Å². The summed E-state index contributed by atoms with van der Waals surface area (Å²) in [6.07, 6.45) is 10.6. The largest absolute Gasteiger partial charge is 0.380 e. The first-order valence-corrected chi connectivity index (χ1v) is 8.41. The molecule has 0 amide bonds. The zero-order chi connectivity index (χ0) is 13.9. The van der Waals surface area contributed by atoms with Gasteiger partial charge in [0.25, 0.3) is 0 Å². The number of hydrogen-bond acceptors (Lipinski definition) is 2. The van der Waals surface area contributed by atoms with Crippen LogP contribution in [0.3, 0.4) is 0 Å². The maximum Gasteiger partial charge on any atom is 0.0703 e. The van der Waals surface area contributed by atoms with Gasteiger partial charge in [0.15, 0.2) is 0 Å². The van der Waals surface area contributed by atoms with E-state index in [2.05, 4.69) is 34.6 Å². The van der Waals surface area contributed by atoms with Gasteiger partial charge in [0, 0.05) is 22.8 Å². The Balaban J connectivity index is 1.48. The Bertz CT molecular complexity index is 655. The molecule has 0 atom stereocenters. The van der Waals surface area contributed by atoms with Gasteiger partial charge in [-0.05, 0) is 80.5 Å². The molecule has 4 bridgehead atoms. The summed E-state index contributed by atoms with van der Waals surface area (Å²) in [5.74, 6) is 2.97. The first-order valence-electron chi connectivity index (χ1n) is 8.41. The van der Waals surface area contributed by atoms with Crippen molar-refractivity contribution in [2.75, 3.05) is 5.32 Å². The molecule has 4 saturated carbocycles. The molecule has 0 radical (unpaired) electrons. The number of hydrogen-bond donors (Lipinski definition) is 1. The van der Waals surface area contributed by atoms with Gasteiger partial charge in [-0.1, -0.05) is 6.07 Å². The van der Waals surface area contributed by atoms with E-state index in [9.17, 15) is 0 Å². The van der Waals surface area contributed by atoms with E-state index < -0.39 is 0 Å². The molecule has 0 spiro atoms. The lowest BCUT2D eigenvalue weighted by molar-refractivity contribution is 0.0107. The number of fused-ring (bicyclic) bond motifs is 1. The molecule has 108 valence electrons. The molecular formula is C19H22N2. The van der Waals surface area contributed by atoms with Crippen LogP contribution in [0.4, 0.5) is 5.69 Å². The highest BCUT2D eigenvalue weighted by atomic mass is 15.0. The third-order valence-electron chi connectivity index (χ3n) is 6.05. The zero-order valence-corrected chi connectivity index (χ0v) is 12.4. The van der Waals surface area contributed by atoms with Crippen LogP contribution in [0.5, 0.6) is 0 Å². The standard InChI is InChI=1S/C19H22N2/c1-2-16-9-17(3-4-18(16)20-5-1)21-19-10-13-6-14(11-19)8-15(7-13)12-19/h1-5,9,13-15,21H,6-8,10-12H2. The van der Waals surface area contributed by atoms with Gasteiger partial charge in [0.1, 0.15) is 0 Å².